The summed E-state index contributed by atoms with van der Waals surface area (Å²) in [7, 11) is 0. The number of amides is 1. The second-order valence-corrected chi connectivity index (χ2v) is 9.69. The van der Waals surface area contributed by atoms with E-state index in [-0.39, 0.29) is 11.6 Å². The van der Waals surface area contributed by atoms with E-state index in [9.17, 15) is 14.9 Å². The molecule has 2 heterocycles. The molecule has 4 rings (SSSR count). The molecule has 1 amide bonds. The zero-order valence-electron chi connectivity index (χ0n) is 21.9. The van der Waals surface area contributed by atoms with Gasteiger partial charge in [-0.2, -0.15) is 0 Å². The molecule has 2 aromatic carbocycles. The fourth-order valence-corrected chi connectivity index (χ4v) is 4.82. The number of hydrogen-bond donors (Lipinski definition) is 0. The van der Waals surface area contributed by atoms with Crippen molar-refractivity contribution in [3.05, 3.63) is 92.4 Å². The molecular weight excluding hydrogens is 466 g/mol. The molecule has 1 aliphatic heterocycles. The lowest BCUT2D eigenvalue weighted by Gasteiger charge is -2.36. The van der Waals surface area contributed by atoms with Gasteiger partial charge in [-0.15, -0.1) is 0 Å². The number of piperazine rings is 1. The van der Waals surface area contributed by atoms with Crippen LogP contribution in [0.4, 0.5) is 11.5 Å². The molecule has 1 saturated heterocycles. The molecule has 37 heavy (non-hydrogen) atoms. The predicted molar refractivity (Wildman–Crippen MR) is 145 cm³/mol. The molecule has 0 N–H and O–H groups in total. The van der Waals surface area contributed by atoms with Gasteiger partial charge in [0.2, 0.25) is 0 Å². The van der Waals surface area contributed by atoms with Gasteiger partial charge in [-0.3, -0.25) is 14.9 Å². The monoisotopic (exact) mass is 501 g/mol. The number of rotatable bonds is 9. The maximum absolute atomic E-state index is 13.1. The van der Waals surface area contributed by atoms with Crippen LogP contribution in [0.3, 0.4) is 0 Å². The first-order chi connectivity index (χ1) is 17.9. The third-order valence-electron chi connectivity index (χ3n) is 6.97. The van der Waals surface area contributed by atoms with E-state index in [1.807, 2.05) is 30.9 Å². The number of benzene rings is 2. The molecular formula is C29H35N5O3. The second-order valence-electron chi connectivity index (χ2n) is 9.69. The fourth-order valence-electron chi connectivity index (χ4n) is 4.82. The van der Waals surface area contributed by atoms with Gasteiger partial charge in [-0.25, -0.2) is 9.97 Å². The summed E-state index contributed by atoms with van der Waals surface area (Å²) in [4.78, 5) is 37.2. The molecule has 0 aliphatic carbocycles. The highest BCUT2D eigenvalue weighted by Gasteiger charge is 2.25. The van der Waals surface area contributed by atoms with Crippen LogP contribution >= 0.6 is 0 Å². The average Bonchev–Trinajstić information content (AvgIpc) is 2.90. The Bertz CT molecular complexity index is 1230. The Hall–Kier alpha value is -3.81. The molecule has 0 spiro atoms. The number of non-ortho nitro benzene ring substituents is 1. The van der Waals surface area contributed by atoms with E-state index in [4.69, 9.17) is 4.98 Å². The van der Waals surface area contributed by atoms with E-state index in [0.29, 0.717) is 38.4 Å². The number of carbonyl (C=O) groups is 1. The third kappa shape index (κ3) is 6.50. The molecule has 0 atom stereocenters. The van der Waals surface area contributed by atoms with Gasteiger partial charge in [-0.05, 0) is 49.9 Å². The van der Waals surface area contributed by atoms with Crippen LogP contribution in [0.15, 0.2) is 48.5 Å². The summed E-state index contributed by atoms with van der Waals surface area (Å²) in [6, 6.07) is 14.7. The number of nitrogens with zero attached hydrogens (tertiary/aromatic N) is 5. The predicted octanol–water partition coefficient (Wildman–Crippen LogP) is 5.29. The summed E-state index contributed by atoms with van der Waals surface area (Å²) in [6.45, 7) is 8.68. The summed E-state index contributed by atoms with van der Waals surface area (Å²) >= 11 is 0. The van der Waals surface area contributed by atoms with E-state index in [1.165, 1.54) is 37.0 Å². The smallest absolute Gasteiger partial charge is 0.269 e. The van der Waals surface area contributed by atoms with Crippen molar-refractivity contribution in [1.29, 1.82) is 0 Å². The first-order valence-electron chi connectivity index (χ1n) is 13.1. The van der Waals surface area contributed by atoms with Crippen LogP contribution in [0, 0.1) is 24.0 Å². The van der Waals surface area contributed by atoms with Crippen molar-refractivity contribution >= 4 is 17.4 Å². The van der Waals surface area contributed by atoms with Crippen molar-refractivity contribution in [2.45, 2.75) is 52.9 Å². The Morgan fingerprint density at radius 2 is 1.57 bits per heavy atom. The van der Waals surface area contributed by atoms with Gasteiger partial charge in [0.1, 0.15) is 11.6 Å². The number of aryl methyl sites for hydroxylation is 3. The molecule has 8 heteroatoms. The molecule has 0 saturated carbocycles. The molecule has 3 aromatic rings. The van der Waals surface area contributed by atoms with E-state index in [0.717, 1.165) is 34.6 Å². The lowest BCUT2D eigenvalue weighted by molar-refractivity contribution is -0.384. The molecule has 8 nitrogen and oxygen atoms in total. The van der Waals surface area contributed by atoms with Crippen LogP contribution in [0.2, 0.25) is 0 Å². The van der Waals surface area contributed by atoms with E-state index in [2.05, 4.69) is 28.9 Å². The van der Waals surface area contributed by atoms with Gasteiger partial charge in [-0.1, -0.05) is 44.0 Å². The lowest BCUT2D eigenvalue weighted by atomic mass is 10.0. The number of carbonyl (C=O) groups excluding carboxylic acids is 1. The van der Waals surface area contributed by atoms with Gasteiger partial charge >= 0.3 is 0 Å². The Labute approximate surface area is 218 Å². The number of nitro groups is 1. The summed E-state index contributed by atoms with van der Waals surface area (Å²) in [5, 5.41) is 11.0. The lowest BCUT2D eigenvalue weighted by Crippen LogP contribution is -2.49. The van der Waals surface area contributed by atoms with E-state index in [1.54, 1.807) is 12.1 Å². The minimum absolute atomic E-state index is 0.0703. The minimum atomic E-state index is -0.391. The van der Waals surface area contributed by atoms with Gasteiger partial charge in [0.05, 0.1) is 4.92 Å². The Morgan fingerprint density at radius 3 is 2.19 bits per heavy atom. The summed E-state index contributed by atoms with van der Waals surface area (Å²) in [6.07, 6.45) is 5.26. The Kier molecular flexibility index (Phi) is 8.48. The van der Waals surface area contributed by atoms with E-state index < -0.39 is 4.92 Å². The van der Waals surface area contributed by atoms with Crippen molar-refractivity contribution in [2.75, 3.05) is 31.1 Å². The topological polar surface area (TPSA) is 92.5 Å². The number of aromatic nitrogens is 2. The number of hydrogen-bond acceptors (Lipinski definition) is 6. The standard InChI is InChI=1S/C29H35N5O3/c1-4-5-6-7-23-8-12-25(13-9-23)29(35)33-18-16-32(17-19-33)28-27(21(2)30-22(3)31-28)20-24-10-14-26(15-11-24)34(36)37/h8-15H,4-7,16-20H2,1-3H3. The highest BCUT2D eigenvalue weighted by molar-refractivity contribution is 5.94. The molecule has 1 fully saturated rings. The maximum atomic E-state index is 13.1. The minimum Gasteiger partial charge on any atom is -0.353 e. The highest BCUT2D eigenvalue weighted by atomic mass is 16.6. The number of unbranched alkanes of at least 4 members (excludes halogenated alkanes) is 2. The number of nitro benzene ring substituents is 1. The van der Waals surface area contributed by atoms with Crippen molar-refractivity contribution in [3.63, 3.8) is 0 Å². The van der Waals surface area contributed by atoms with E-state index >= 15 is 0 Å². The summed E-state index contributed by atoms with van der Waals surface area (Å²) in [5.74, 6) is 1.66. The first-order valence-corrected chi connectivity index (χ1v) is 13.1. The molecule has 194 valence electrons. The summed E-state index contributed by atoms with van der Waals surface area (Å²) < 4.78 is 0. The van der Waals surface area contributed by atoms with Crippen LogP contribution < -0.4 is 4.90 Å². The average molecular weight is 502 g/mol. The SMILES string of the molecule is CCCCCc1ccc(C(=O)N2CCN(c3nc(C)nc(C)c3Cc3ccc([N+](=O)[O-])cc3)CC2)cc1. The quantitative estimate of drug-likeness (QED) is 0.225. The first kappa shape index (κ1) is 26.3. The van der Waals surface area contributed by atoms with Crippen LogP contribution in [0.25, 0.3) is 0 Å². The van der Waals surface area contributed by atoms with Gasteiger partial charge < -0.3 is 9.80 Å². The van der Waals surface area contributed by atoms with Gasteiger partial charge in [0, 0.05) is 61.6 Å². The van der Waals surface area contributed by atoms with Crippen LogP contribution in [-0.4, -0.2) is 51.9 Å². The molecule has 1 aromatic heterocycles. The van der Waals surface area contributed by atoms with Crippen molar-refractivity contribution in [2.24, 2.45) is 0 Å². The largest absolute Gasteiger partial charge is 0.353 e. The van der Waals surface area contributed by atoms with Crippen molar-refractivity contribution < 1.29 is 9.72 Å². The summed E-state index contributed by atoms with van der Waals surface area (Å²) in [5.41, 5.74) is 4.98. The number of anilines is 1. The zero-order chi connectivity index (χ0) is 26.4. The highest BCUT2D eigenvalue weighted by Crippen LogP contribution is 2.26. The Morgan fingerprint density at radius 1 is 0.919 bits per heavy atom. The normalized spacial score (nSPS) is 13.6. The second kappa shape index (κ2) is 12.0. The van der Waals surface area contributed by atoms with Crippen LogP contribution in [0.1, 0.15) is 64.8 Å². The third-order valence-corrected chi connectivity index (χ3v) is 6.97. The Balaban J connectivity index is 1.43. The van der Waals surface area contributed by atoms with Crippen molar-refractivity contribution in [3.8, 4) is 0 Å². The molecule has 0 unspecified atom stereocenters. The maximum Gasteiger partial charge on any atom is 0.269 e. The molecule has 0 radical (unpaired) electrons. The van der Waals surface area contributed by atoms with Gasteiger partial charge in [0.15, 0.2) is 0 Å². The van der Waals surface area contributed by atoms with Crippen LogP contribution in [0.5, 0.6) is 0 Å². The molecule has 1 aliphatic rings. The zero-order valence-corrected chi connectivity index (χ0v) is 21.9. The van der Waals surface area contributed by atoms with Crippen LogP contribution in [-0.2, 0) is 12.8 Å². The fraction of sp³-hybridized carbons (Fsp3) is 0.414. The van der Waals surface area contributed by atoms with Gasteiger partial charge in [0.25, 0.3) is 11.6 Å². The van der Waals surface area contributed by atoms with Crippen molar-refractivity contribution in [1.82, 2.24) is 14.9 Å². The molecule has 0 bridgehead atoms.